The summed E-state index contributed by atoms with van der Waals surface area (Å²) in [5.41, 5.74) is 0.941. The lowest BCUT2D eigenvalue weighted by Crippen LogP contribution is -2.44. The Balaban J connectivity index is 1.83. The van der Waals surface area contributed by atoms with Crippen molar-refractivity contribution in [2.45, 2.75) is 32.7 Å². The number of thiophene rings is 1. The molecule has 2 aromatic heterocycles. The third-order valence-electron chi connectivity index (χ3n) is 4.29. The Morgan fingerprint density at radius 3 is 2.83 bits per heavy atom. The van der Waals surface area contributed by atoms with Gasteiger partial charge in [0.2, 0.25) is 11.8 Å². The van der Waals surface area contributed by atoms with E-state index >= 15 is 0 Å². The van der Waals surface area contributed by atoms with Gasteiger partial charge in [-0.3, -0.25) is 9.59 Å². The zero-order valence-corrected chi connectivity index (χ0v) is 15.0. The van der Waals surface area contributed by atoms with Gasteiger partial charge >= 0.3 is 0 Å². The number of thiazole rings is 1. The SMILES string of the molecule is Cc1nc(NC(=O)[C@H]2CCC(=O)N(C)[C@@H]2c2cccs2)sc1C. The standard InChI is InChI=1S/C16H19N3O2S2/c1-9-10(2)23-16(17-9)18-15(21)11-6-7-13(20)19(3)14(11)12-5-4-8-22-12/h4-5,8,11,14H,6-7H2,1-3H3,(H,17,18,21)/t11-,14-/m0/s1. The van der Waals surface area contributed by atoms with E-state index in [9.17, 15) is 9.59 Å². The van der Waals surface area contributed by atoms with Gasteiger partial charge in [0, 0.05) is 23.2 Å². The van der Waals surface area contributed by atoms with E-state index in [1.807, 2.05) is 31.4 Å². The van der Waals surface area contributed by atoms with Crippen molar-refractivity contribution in [3.63, 3.8) is 0 Å². The minimum atomic E-state index is -0.249. The first-order valence-electron chi connectivity index (χ1n) is 7.51. The number of carbonyl (C=O) groups excluding carboxylic acids is 2. The predicted octanol–water partition coefficient (Wildman–Crippen LogP) is 3.37. The second-order valence-electron chi connectivity index (χ2n) is 5.76. The molecule has 1 fully saturated rings. The third-order valence-corrected chi connectivity index (χ3v) is 6.22. The monoisotopic (exact) mass is 349 g/mol. The number of rotatable bonds is 3. The first-order chi connectivity index (χ1) is 11.0. The highest BCUT2D eigenvalue weighted by molar-refractivity contribution is 7.15. The van der Waals surface area contributed by atoms with Crippen molar-refractivity contribution in [3.05, 3.63) is 33.0 Å². The number of aromatic nitrogens is 1. The van der Waals surface area contributed by atoms with Crippen LogP contribution in [0.15, 0.2) is 17.5 Å². The van der Waals surface area contributed by atoms with Crippen LogP contribution in [0.4, 0.5) is 5.13 Å². The molecule has 1 aliphatic rings. The number of carbonyl (C=O) groups is 2. The molecule has 2 amide bonds. The van der Waals surface area contributed by atoms with Crippen LogP contribution in [0.25, 0.3) is 0 Å². The molecule has 3 heterocycles. The van der Waals surface area contributed by atoms with Crippen molar-refractivity contribution < 1.29 is 9.59 Å². The molecule has 7 heteroatoms. The van der Waals surface area contributed by atoms with Gasteiger partial charge in [0.1, 0.15) is 0 Å². The second-order valence-corrected chi connectivity index (χ2v) is 7.94. The zero-order chi connectivity index (χ0) is 16.6. The molecule has 0 aliphatic carbocycles. The fourth-order valence-corrected chi connectivity index (χ4v) is 4.64. The fourth-order valence-electron chi connectivity index (χ4n) is 2.89. The van der Waals surface area contributed by atoms with E-state index in [4.69, 9.17) is 0 Å². The van der Waals surface area contributed by atoms with Crippen LogP contribution in [0, 0.1) is 19.8 Å². The van der Waals surface area contributed by atoms with Crippen molar-refractivity contribution >= 4 is 39.6 Å². The predicted molar refractivity (Wildman–Crippen MR) is 92.8 cm³/mol. The summed E-state index contributed by atoms with van der Waals surface area (Å²) in [7, 11) is 1.78. The number of likely N-dealkylation sites (tertiary alicyclic amines) is 1. The zero-order valence-electron chi connectivity index (χ0n) is 13.3. The maximum absolute atomic E-state index is 12.8. The van der Waals surface area contributed by atoms with Crippen LogP contribution in [0.1, 0.15) is 34.3 Å². The molecular weight excluding hydrogens is 330 g/mol. The van der Waals surface area contributed by atoms with Crippen LogP contribution in [0.2, 0.25) is 0 Å². The third kappa shape index (κ3) is 3.16. The lowest BCUT2D eigenvalue weighted by Gasteiger charge is -2.37. The van der Waals surface area contributed by atoms with Crippen molar-refractivity contribution in [2.75, 3.05) is 12.4 Å². The molecular formula is C16H19N3O2S2. The Morgan fingerprint density at radius 2 is 2.22 bits per heavy atom. The van der Waals surface area contributed by atoms with Crippen LogP contribution < -0.4 is 5.32 Å². The van der Waals surface area contributed by atoms with E-state index in [2.05, 4.69) is 10.3 Å². The molecule has 0 radical (unpaired) electrons. The van der Waals surface area contributed by atoms with Gasteiger partial charge in [-0.1, -0.05) is 6.07 Å². The maximum Gasteiger partial charge on any atom is 0.231 e. The highest BCUT2D eigenvalue weighted by Gasteiger charge is 2.39. The number of nitrogens with zero attached hydrogens (tertiary/aromatic N) is 2. The molecule has 2 atom stereocenters. The van der Waals surface area contributed by atoms with Crippen molar-refractivity contribution in [3.8, 4) is 0 Å². The summed E-state index contributed by atoms with van der Waals surface area (Å²) < 4.78 is 0. The first-order valence-corrected chi connectivity index (χ1v) is 9.21. The number of nitrogens with one attached hydrogen (secondary N) is 1. The molecule has 122 valence electrons. The van der Waals surface area contributed by atoms with E-state index in [1.54, 1.807) is 23.3 Å². The maximum atomic E-state index is 12.8. The Labute approximate surface area is 143 Å². The van der Waals surface area contributed by atoms with Crippen molar-refractivity contribution in [1.29, 1.82) is 0 Å². The molecule has 0 aromatic carbocycles. The molecule has 0 unspecified atom stereocenters. The molecule has 23 heavy (non-hydrogen) atoms. The van der Waals surface area contributed by atoms with E-state index in [0.29, 0.717) is 18.0 Å². The first kappa shape index (κ1) is 16.1. The Morgan fingerprint density at radius 1 is 1.43 bits per heavy atom. The number of amides is 2. The summed E-state index contributed by atoms with van der Waals surface area (Å²) in [6.45, 7) is 3.92. The van der Waals surface area contributed by atoms with Gasteiger partial charge in [0.15, 0.2) is 5.13 Å². The summed E-state index contributed by atoms with van der Waals surface area (Å²) in [6.07, 6.45) is 0.979. The molecule has 0 saturated carbocycles. The van der Waals surface area contributed by atoms with Crippen LogP contribution in [-0.4, -0.2) is 28.7 Å². The quantitative estimate of drug-likeness (QED) is 0.924. The smallest absolute Gasteiger partial charge is 0.231 e. The van der Waals surface area contributed by atoms with Gasteiger partial charge in [0.05, 0.1) is 17.7 Å². The number of anilines is 1. The minimum absolute atomic E-state index is 0.0588. The number of hydrogen-bond acceptors (Lipinski definition) is 5. The van der Waals surface area contributed by atoms with Crippen LogP contribution in [-0.2, 0) is 9.59 Å². The number of aryl methyl sites for hydroxylation is 2. The highest BCUT2D eigenvalue weighted by Crippen LogP contribution is 2.38. The Bertz CT molecular complexity index is 704. The van der Waals surface area contributed by atoms with Crippen molar-refractivity contribution in [2.24, 2.45) is 5.92 Å². The highest BCUT2D eigenvalue weighted by atomic mass is 32.1. The van der Waals surface area contributed by atoms with Gasteiger partial charge in [-0.05, 0) is 31.7 Å². The summed E-state index contributed by atoms with van der Waals surface area (Å²) in [4.78, 5) is 33.1. The topological polar surface area (TPSA) is 62.3 Å². The lowest BCUT2D eigenvalue weighted by molar-refractivity contribution is -0.140. The van der Waals surface area contributed by atoms with Crippen LogP contribution >= 0.6 is 22.7 Å². The van der Waals surface area contributed by atoms with E-state index in [1.165, 1.54) is 11.3 Å². The number of hydrogen-bond donors (Lipinski definition) is 1. The van der Waals surface area contributed by atoms with Gasteiger partial charge < -0.3 is 10.2 Å². The molecule has 1 saturated heterocycles. The molecule has 3 rings (SSSR count). The average Bonchev–Trinajstić information content (AvgIpc) is 3.12. The normalized spacial score (nSPS) is 21.5. The van der Waals surface area contributed by atoms with E-state index in [0.717, 1.165) is 15.4 Å². The summed E-state index contributed by atoms with van der Waals surface area (Å²) in [5, 5.41) is 5.55. The molecule has 0 bridgehead atoms. The fraction of sp³-hybridized carbons (Fsp3) is 0.438. The average molecular weight is 349 g/mol. The van der Waals surface area contributed by atoms with Crippen LogP contribution in [0.5, 0.6) is 0 Å². The minimum Gasteiger partial charge on any atom is -0.337 e. The molecule has 2 aromatic rings. The Kier molecular flexibility index (Phi) is 4.50. The second kappa shape index (κ2) is 6.41. The molecule has 1 N–H and O–H groups in total. The van der Waals surface area contributed by atoms with E-state index < -0.39 is 0 Å². The van der Waals surface area contributed by atoms with Gasteiger partial charge in [-0.25, -0.2) is 4.98 Å². The van der Waals surface area contributed by atoms with Gasteiger partial charge in [-0.2, -0.15) is 0 Å². The molecule has 0 spiro atoms. The molecule has 5 nitrogen and oxygen atoms in total. The largest absolute Gasteiger partial charge is 0.337 e. The summed E-state index contributed by atoms with van der Waals surface area (Å²) in [6, 6.07) is 3.75. The van der Waals surface area contributed by atoms with Crippen LogP contribution in [0.3, 0.4) is 0 Å². The van der Waals surface area contributed by atoms with Gasteiger partial charge in [0.25, 0.3) is 0 Å². The van der Waals surface area contributed by atoms with E-state index in [-0.39, 0.29) is 23.8 Å². The summed E-state index contributed by atoms with van der Waals surface area (Å²) in [5.74, 6) is -0.217. The van der Waals surface area contributed by atoms with Gasteiger partial charge in [-0.15, -0.1) is 22.7 Å². The van der Waals surface area contributed by atoms with Crippen molar-refractivity contribution in [1.82, 2.24) is 9.88 Å². The molecule has 1 aliphatic heterocycles. The lowest BCUT2D eigenvalue weighted by atomic mass is 9.87. The number of piperidine rings is 1. The Hall–Kier alpha value is -1.73. The summed E-state index contributed by atoms with van der Waals surface area (Å²) >= 11 is 3.07.